The van der Waals surface area contributed by atoms with Crippen molar-refractivity contribution in [2.75, 3.05) is 0 Å². The van der Waals surface area contributed by atoms with Gasteiger partial charge in [-0.05, 0) is 36.8 Å². The van der Waals surface area contributed by atoms with E-state index in [1.165, 1.54) is 24.3 Å². The van der Waals surface area contributed by atoms with Crippen LogP contribution in [0.15, 0.2) is 42.5 Å². The smallest absolute Gasteiger partial charge is 0.194 e. The van der Waals surface area contributed by atoms with Crippen LogP contribution in [0.1, 0.15) is 18.4 Å². The lowest BCUT2D eigenvalue weighted by molar-refractivity contribution is -0.125. The molecule has 0 spiro atoms. The van der Waals surface area contributed by atoms with Gasteiger partial charge in [0.15, 0.2) is 11.9 Å². The maximum absolute atomic E-state index is 12.5. The number of carbonyl (C=O) groups is 1. The molecule has 0 amide bonds. The van der Waals surface area contributed by atoms with Gasteiger partial charge in [0.1, 0.15) is 17.4 Å². The average molecular weight is 350 g/mol. The molecule has 0 bridgehead atoms. The van der Waals surface area contributed by atoms with Crippen LogP contribution in [0.4, 0.5) is 0 Å². The first-order chi connectivity index (χ1) is 10.9. The fraction of sp³-hybridized carbons (Fsp3) is 0.176. The van der Waals surface area contributed by atoms with Gasteiger partial charge < -0.3 is 9.84 Å². The summed E-state index contributed by atoms with van der Waals surface area (Å²) < 4.78 is 5.50. The standard InChI is InChI=1S/C17H13Cl2NO3/c1-10(23-13-4-2-3-12(21)8-13)17(22)14(9-20)11-5-6-15(18)16(19)7-11/h2-8,10,14,21H,1H3. The van der Waals surface area contributed by atoms with Crippen LogP contribution >= 0.6 is 23.2 Å². The fourth-order valence-corrected chi connectivity index (χ4v) is 2.35. The summed E-state index contributed by atoms with van der Waals surface area (Å²) in [6.07, 6.45) is -0.865. The lowest BCUT2D eigenvalue weighted by atomic mass is 9.93. The Hall–Kier alpha value is -2.22. The van der Waals surface area contributed by atoms with E-state index in [1.807, 2.05) is 6.07 Å². The highest BCUT2D eigenvalue weighted by Crippen LogP contribution is 2.28. The second-order valence-corrected chi connectivity index (χ2v) is 5.71. The number of Topliss-reactive ketones (excluding diaryl/α,β-unsaturated/α-hetero) is 1. The third-order valence-electron chi connectivity index (χ3n) is 3.22. The third-order valence-corrected chi connectivity index (χ3v) is 3.96. The average Bonchev–Trinajstić information content (AvgIpc) is 2.51. The first kappa shape index (κ1) is 17.1. The predicted octanol–water partition coefficient (Wildman–Crippen LogP) is 4.34. The number of carbonyl (C=O) groups excluding carboxylic acids is 1. The van der Waals surface area contributed by atoms with E-state index < -0.39 is 17.8 Å². The number of hydrogen-bond donors (Lipinski definition) is 1. The first-order valence-corrected chi connectivity index (χ1v) is 7.52. The first-order valence-electron chi connectivity index (χ1n) is 6.76. The van der Waals surface area contributed by atoms with Crippen molar-refractivity contribution in [2.45, 2.75) is 18.9 Å². The number of benzene rings is 2. The minimum Gasteiger partial charge on any atom is -0.508 e. The quantitative estimate of drug-likeness (QED) is 0.871. The van der Waals surface area contributed by atoms with Gasteiger partial charge in [-0.2, -0.15) is 5.26 Å². The molecule has 1 N–H and O–H groups in total. The predicted molar refractivity (Wildman–Crippen MR) is 88.0 cm³/mol. The van der Waals surface area contributed by atoms with Crippen LogP contribution < -0.4 is 4.74 Å². The van der Waals surface area contributed by atoms with Gasteiger partial charge in [-0.1, -0.05) is 35.3 Å². The minimum atomic E-state index is -1.02. The van der Waals surface area contributed by atoms with E-state index in [2.05, 4.69) is 0 Å². The second-order valence-electron chi connectivity index (χ2n) is 4.90. The molecule has 0 aliphatic rings. The molecule has 2 atom stereocenters. The maximum atomic E-state index is 12.5. The van der Waals surface area contributed by atoms with Crippen molar-refractivity contribution in [3.05, 3.63) is 58.1 Å². The lowest BCUT2D eigenvalue weighted by Gasteiger charge is -2.17. The van der Waals surface area contributed by atoms with Gasteiger partial charge in [-0.15, -0.1) is 0 Å². The molecule has 118 valence electrons. The van der Waals surface area contributed by atoms with Crippen molar-refractivity contribution >= 4 is 29.0 Å². The topological polar surface area (TPSA) is 70.3 Å². The molecule has 2 aromatic rings. The SMILES string of the molecule is CC(Oc1cccc(O)c1)C(=O)C(C#N)c1ccc(Cl)c(Cl)c1. The molecule has 0 saturated carbocycles. The molecule has 23 heavy (non-hydrogen) atoms. The van der Waals surface area contributed by atoms with Crippen molar-refractivity contribution in [2.24, 2.45) is 0 Å². The van der Waals surface area contributed by atoms with E-state index in [9.17, 15) is 15.2 Å². The number of halogens is 2. The normalized spacial score (nSPS) is 13.0. The molecule has 0 aliphatic heterocycles. The summed E-state index contributed by atoms with van der Waals surface area (Å²) in [7, 11) is 0. The number of phenols is 1. The summed E-state index contributed by atoms with van der Waals surface area (Å²) in [6.45, 7) is 1.55. The number of nitriles is 1. The van der Waals surface area contributed by atoms with Gasteiger partial charge in [-0.25, -0.2) is 0 Å². The highest BCUT2D eigenvalue weighted by Gasteiger charge is 2.27. The molecular weight excluding hydrogens is 337 g/mol. The lowest BCUT2D eigenvalue weighted by Crippen LogP contribution is -2.28. The Morgan fingerprint density at radius 1 is 1.22 bits per heavy atom. The number of aromatic hydroxyl groups is 1. The Balaban J connectivity index is 2.19. The van der Waals surface area contributed by atoms with Crippen LogP contribution in [0.2, 0.25) is 10.0 Å². The van der Waals surface area contributed by atoms with Gasteiger partial charge in [0, 0.05) is 6.07 Å². The molecule has 0 radical (unpaired) electrons. The molecule has 0 aliphatic carbocycles. The maximum Gasteiger partial charge on any atom is 0.194 e. The summed E-state index contributed by atoms with van der Waals surface area (Å²) in [4.78, 5) is 12.5. The van der Waals surface area contributed by atoms with E-state index in [1.54, 1.807) is 25.1 Å². The number of ether oxygens (including phenoxy) is 1. The Bertz CT molecular complexity index is 771. The van der Waals surface area contributed by atoms with Crippen LogP contribution in [-0.2, 0) is 4.79 Å². The Morgan fingerprint density at radius 2 is 1.96 bits per heavy atom. The van der Waals surface area contributed by atoms with Crippen LogP contribution in [0.5, 0.6) is 11.5 Å². The summed E-state index contributed by atoms with van der Waals surface area (Å²) in [5.41, 5.74) is 0.457. The zero-order valence-electron chi connectivity index (χ0n) is 12.2. The van der Waals surface area contributed by atoms with E-state index in [0.29, 0.717) is 16.3 Å². The van der Waals surface area contributed by atoms with Crippen molar-refractivity contribution in [3.63, 3.8) is 0 Å². The van der Waals surface area contributed by atoms with Gasteiger partial charge >= 0.3 is 0 Å². The van der Waals surface area contributed by atoms with Crippen LogP contribution in [0.3, 0.4) is 0 Å². The molecule has 0 aromatic heterocycles. The minimum absolute atomic E-state index is 0.0310. The monoisotopic (exact) mass is 349 g/mol. The summed E-state index contributed by atoms with van der Waals surface area (Å²) in [5, 5.41) is 19.4. The summed E-state index contributed by atoms with van der Waals surface area (Å²) in [6, 6.07) is 12.7. The van der Waals surface area contributed by atoms with E-state index in [0.717, 1.165) is 0 Å². The summed E-state index contributed by atoms with van der Waals surface area (Å²) in [5.74, 6) is -1.05. The highest BCUT2D eigenvalue weighted by molar-refractivity contribution is 6.42. The second kappa shape index (κ2) is 7.36. The molecule has 0 saturated heterocycles. The van der Waals surface area contributed by atoms with Crippen LogP contribution in [0.25, 0.3) is 0 Å². The molecule has 2 unspecified atom stereocenters. The number of nitrogens with zero attached hydrogens (tertiary/aromatic N) is 1. The Morgan fingerprint density at radius 3 is 2.57 bits per heavy atom. The van der Waals surface area contributed by atoms with Crippen molar-refractivity contribution in [1.29, 1.82) is 5.26 Å². The largest absolute Gasteiger partial charge is 0.508 e. The molecular formula is C17H13Cl2NO3. The van der Waals surface area contributed by atoms with E-state index in [4.69, 9.17) is 27.9 Å². The zero-order chi connectivity index (χ0) is 17.0. The molecule has 2 rings (SSSR count). The van der Waals surface area contributed by atoms with E-state index in [-0.39, 0.29) is 10.8 Å². The number of ketones is 1. The molecule has 0 heterocycles. The van der Waals surface area contributed by atoms with Crippen LogP contribution in [0, 0.1) is 11.3 Å². The third kappa shape index (κ3) is 4.16. The van der Waals surface area contributed by atoms with Gasteiger partial charge in [0.25, 0.3) is 0 Å². The Kier molecular flexibility index (Phi) is 5.49. The molecule has 0 fully saturated rings. The number of phenolic OH excluding ortho intramolecular Hbond substituents is 1. The fourth-order valence-electron chi connectivity index (χ4n) is 2.05. The van der Waals surface area contributed by atoms with Crippen molar-refractivity contribution in [3.8, 4) is 17.6 Å². The van der Waals surface area contributed by atoms with Gasteiger partial charge in [-0.3, -0.25) is 4.79 Å². The van der Waals surface area contributed by atoms with Crippen molar-refractivity contribution in [1.82, 2.24) is 0 Å². The highest BCUT2D eigenvalue weighted by atomic mass is 35.5. The zero-order valence-corrected chi connectivity index (χ0v) is 13.7. The molecule has 4 nitrogen and oxygen atoms in total. The number of rotatable bonds is 5. The molecule has 2 aromatic carbocycles. The van der Waals surface area contributed by atoms with Gasteiger partial charge in [0.05, 0.1) is 16.1 Å². The van der Waals surface area contributed by atoms with Crippen molar-refractivity contribution < 1.29 is 14.6 Å². The Labute approximate surface area is 143 Å². The molecule has 6 heteroatoms. The summed E-state index contributed by atoms with van der Waals surface area (Å²) >= 11 is 11.8. The van der Waals surface area contributed by atoms with Crippen LogP contribution in [-0.4, -0.2) is 17.0 Å². The van der Waals surface area contributed by atoms with Gasteiger partial charge in [0.2, 0.25) is 0 Å². The van der Waals surface area contributed by atoms with E-state index >= 15 is 0 Å². The number of hydrogen-bond acceptors (Lipinski definition) is 4.